The van der Waals surface area contributed by atoms with Crippen LogP contribution >= 0.6 is 0 Å². The maximum Gasteiger partial charge on any atom is 0.260 e. The normalized spacial score (nSPS) is 20.1. The molecule has 3 aliphatic rings. The molecule has 1 aromatic carbocycles. The molecule has 2 saturated heterocycles. The monoisotopic (exact) mass is 494 g/mol. The summed E-state index contributed by atoms with van der Waals surface area (Å²) >= 11 is 0. The van der Waals surface area contributed by atoms with Gasteiger partial charge >= 0.3 is 0 Å². The maximum atomic E-state index is 11.8. The van der Waals surface area contributed by atoms with Gasteiger partial charge in [-0.05, 0) is 61.4 Å². The molecule has 9 nitrogen and oxygen atoms in total. The smallest absolute Gasteiger partial charge is 0.260 e. The minimum Gasteiger partial charge on any atom is -0.378 e. The van der Waals surface area contributed by atoms with Crippen LogP contribution in [0.3, 0.4) is 0 Å². The highest BCUT2D eigenvalue weighted by Crippen LogP contribution is 2.54. The molecular weight excluding hydrogens is 464 g/mol. The van der Waals surface area contributed by atoms with Crippen LogP contribution in [-0.2, 0) is 15.7 Å². The summed E-state index contributed by atoms with van der Waals surface area (Å²) in [5.41, 5.74) is 3.98. The average molecular weight is 495 g/mol. The van der Waals surface area contributed by atoms with E-state index in [1.54, 1.807) is 6.26 Å². The molecule has 2 aromatic heterocycles. The summed E-state index contributed by atoms with van der Waals surface area (Å²) in [4.78, 5) is 14.1. The summed E-state index contributed by atoms with van der Waals surface area (Å²) in [6.45, 7) is 5.03. The molecule has 1 unspecified atom stereocenters. The molecule has 3 aromatic rings. The predicted octanol–water partition coefficient (Wildman–Crippen LogP) is 3.72. The minimum absolute atomic E-state index is 0.462. The van der Waals surface area contributed by atoms with Gasteiger partial charge in [-0.25, -0.2) is 9.19 Å². The Bertz CT molecular complexity index is 1230. The Morgan fingerprint density at radius 2 is 1.77 bits per heavy atom. The lowest BCUT2D eigenvalue weighted by atomic mass is 9.93. The molecule has 1 N–H and O–H groups in total. The van der Waals surface area contributed by atoms with Gasteiger partial charge in [-0.2, -0.15) is 4.98 Å². The third kappa shape index (κ3) is 4.77. The van der Waals surface area contributed by atoms with E-state index < -0.39 is 11.0 Å². The molecule has 1 aliphatic carbocycles. The fraction of sp³-hybridized carbons (Fsp3) is 0.480. The topological polar surface area (TPSA) is 96.6 Å². The van der Waals surface area contributed by atoms with E-state index in [2.05, 4.69) is 19.7 Å². The van der Waals surface area contributed by atoms with Crippen LogP contribution in [0, 0.1) is 5.41 Å². The number of ether oxygens (including phenoxy) is 1. The van der Waals surface area contributed by atoms with Gasteiger partial charge in [0.15, 0.2) is 0 Å². The molecule has 2 aliphatic heterocycles. The van der Waals surface area contributed by atoms with E-state index in [9.17, 15) is 4.21 Å². The van der Waals surface area contributed by atoms with Gasteiger partial charge in [0.1, 0.15) is 22.5 Å². The molecule has 1 atom stereocenters. The van der Waals surface area contributed by atoms with E-state index in [0.29, 0.717) is 36.0 Å². The molecule has 4 heterocycles. The number of rotatable bonds is 6. The number of hydrogen-bond donors (Lipinski definition) is 1. The average Bonchev–Trinajstić information content (AvgIpc) is 3.45. The van der Waals surface area contributed by atoms with Crippen molar-refractivity contribution in [2.75, 3.05) is 60.2 Å². The van der Waals surface area contributed by atoms with Crippen molar-refractivity contribution in [2.24, 2.45) is 5.41 Å². The highest BCUT2D eigenvalue weighted by Gasteiger charge is 2.44. The van der Waals surface area contributed by atoms with Crippen LogP contribution in [0.15, 0.2) is 40.9 Å². The summed E-state index contributed by atoms with van der Waals surface area (Å²) in [6.07, 6.45) is 6.75. The van der Waals surface area contributed by atoms with Crippen LogP contribution in [0.25, 0.3) is 23.0 Å². The number of hydrogen-bond acceptors (Lipinski definition) is 8. The second-order valence-electron chi connectivity index (χ2n) is 9.68. The number of morpholine rings is 1. The van der Waals surface area contributed by atoms with Crippen molar-refractivity contribution in [3.05, 3.63) is 36.4 Å². The van der Waals surface area contributed by atoms with Gasteiger partial charge in [0, 0.05) is 38.1 Å². The number of piperidine rings is 1. The Morgan fingerprint density at radius 1 is 0.971 bits per heavy atom. The van der Waals surface area contributed by atoms with E-state index in [4.69, 9.17) is 19.2 Å². The van der Waals surface area contributed by atoms with Crippen molar-refractivity contribution in [3.63, 3.8) is 0 Å². The van der Waals surface area contributed by atoms with Gasteiger partial charge in [0.05, 0.1) is 24.5 Å². The van der Waals surface area contributed by atoms with E-state index in [1.807, 2.05) is 36.4 Å². The van der Waals surface area contributed by atoms with Gasteiger partial charge in [0.2, 0.25) is 5.82 Å². The van der Waals surface area contributed by atoms with Crippen molar-refractivity contribution >= 4 is 28.2 Å². The zero-order valence-corrected chi connectivity index (χ0v) is 20.7. The molecule has 3 fully saturated rings. The van der Waals surface area contributed by atoms with Crippen LogP contribution in [0.2, 0.25) is 0 Å². The van der Waals surface area contributed by atoms with Crippen molar-refractivity contribution in [1.29, 1.82) is 0 Å². The van der Waals surface area contributed by atoms with Crippen LogP contribution < -0.4 is 14.5 Å². The van der Waals surface area contributed by atoms with Crippen molar-refractivity contribution in [3.8, 4) is 23.0 Å². The number of anilines is 3. The Kier molecular flexibility index (Phi) is 5.93. The van der Waals surface area contributed by atoms with E-state index in [0.717, 1.165) is 48.9 Å². The first kappa shape index (κ1) is 22.5. The largest absolute Gasteiger partial charge is 0.378 e. The van der Waals surface area contributed by atoms with E-state index in [1.165, 1.54) is 25.7 Å². The van der Waals surface area contributed by atoms with Gasteiger partial charge in [0.25, 0.3) is 5.89 Å². The first-order chi connectivity index (χ1) is 17.1. The second-order valence-corrected chi connectivity index (χ2v) is 10.8. The van der Waals surface area contributed by atoms with Crippen molar-refractivity contribution < 1.29 is 13.5 Å². The molecule has 0 bridgehead atoms. The highest BCUT2D eigenvalue weighted by molar-refractivity contribution is 7.85. The summed E-state index contributed by atoms with van der Waals surface area (Å²) in [7, 11) is -1.15. The fourth-order valence-corrected chi connectivity index (χ4v) is 5.51. The maximum absolute atomic E-state index is 11.8. The van der Waals surface area contributed by atoms with Crippen LogP contribution in [0.4, 0.5) is 17.2 Å². The lowest BCUT2D eigenvalue weighted by molar-refractivity contribution is 0.122. The highest BCUT2D eigenvalue weighted by atomic mass is 32.2. The van der Waals surface area contributed by atoms with Gasteiger partial charge < -0.3 is 23.8 Å². The van der Waals surface area contributed by atoms with Crippen LogP contribution in [0.1, 0.15) is 25.7 Å². The first-order valence-electron chi connectivity index (χ1n) is 12.2. The van der Waals surface area contributed by atoms with Crippen molar-refractivity contribution in [1.82, 2.24) is 15.1 Å². The number of nitrogens with zero attached hydrogens (tertiary/aromatic N) is 5. The molecule has 1 saturated carbocycles. The fourth-order valence-electron chi connectivity index (χ4n) is 5.06. The quantitative estimate of drug-likeness (QED) is 0.554. The summed E-state index contributed by atoms with van der Waals surface area (Å²) in [6, 6.07) is 11.8. The Hall–Kier alpha value is -2.98. The summed E-state index contributed by atoms with van der Waals surface area (Å²) in [5.74, 6) is 1.82. The lowest BCUT2D eigenvalue weighted by Crippen LogP contribution is -2.36. The molecule has 6 rings (SSSR count). The standard InChI is InChI=1S/C25H30N6O3S/c1-35(32)29-18-5-6-19(21(17-18)30-11-9-25(7-8-25)10-12-30)24-27-23(28-34-24)20-3-2-4-22(26-20)31-13-15-33-16-14-31/h2-6,17,29H,7-16H2,1H3. The molecule has 184 valence electrons. The van der Waals surface area contributed by atoms with Crippen LogP contribution in [0.5, 0.6) is 0 Å². The van der Waals surface area contributed by atoms with Crippen molar-refractivity contribution in [2.45, 2.75) is 25.7 Å². The molecule has 0 radical (unpaired) electrons. The summed E-state index contributed by atoms with van der Waals surface area (Å²) < 4.78 is 26.0. The van der Waals surface area contributed by atoms with Gasteiger partial charge in [-0.3, -0.25) is 0 Å². The molecule has 1 spiro atoms. The number of benzene rings is 1. The molecule has 10 heteroatoms. The predicted molar refractivity (Wildman–Crippen MR) is 137 cm³/mol. The molecule has 0 amide bonds. The molecular formula is C25H30N6O3S. The number of aromatic nitrogens is 3. The van der Waals surface area contributed by atoms with E-state index >= 15 is 0 Å². The number of nitrogens with one attached hydrogen (secondary N) is 1. The Balaban J connectivity index is 1.30. The second kappa shape index (κ2) is 9.23. The SMILES string of the molecule is CS(=O)Nc1ccc(-c2nc(-c3cccc(N4CCOCC4)n3)no2)c(N2CCC3(CC2)CC3)c1. The zero-order chi connectivity index (χ0) is 23.8. The Labute approximate surface area is 207 Å². The Morgan fingerprint density at radius 3 is 2.51 bits per heavy atom. The third-order valence-electron chi connectivity index (χ3n) is 7.34. The van der Waals surface area contributed by atoms with Gasteiger partial charge in [-0.15, -0.1) is 0 Å². The zero-order valence-electron chi connectivity index (χ0n) is 19.9. The van der Waals surface area contributed by atoms with Crippen LogP contribution in [-0.4, -0.2) is 65.0 Å². The lowest BCUT2D eigenvalue weighted by Gasteiger charge is -2.34. The number of pyridine rings is 1. The van der Waals surface area contributed by atoms with E-state index in [-0.39, 0.29) is 0 Å². The first-order valence-corrected chi connectivity index (χ1v) is 13.8. The minimum atomic E-state index is -1.15. The summed E-state index contributed by atoms with van der Waals surface area (Å²) in [5, 5.41) is 4.26. The van der Waals surface area contributed by atoms with Gasteiger partial charge in [-0.1, -0.05) is 11.2 Å². The molecule has 35 heavy (non-hydrogen) atoms. The third-order valence-corrected chi connectivity index (χ3v) is 7.86.